The summed E-state index contributed by atoms with van der Waals surface area (Å²) in [5.74, 6) is 0. The Morgan fingerprint density at radius 3 is 2.88 bits per heavy atom. The van der Waals surface area contributed by atoms with Gasteiger partial charge in [0, 0.05) is 0 Å². The van der Waals surface area contributed by atoms with Crippen LogP contribution in [0.15, 0.2) is 22.2 Å². The van der Waals surface area contributed by atoms with Gasteiger partial charge in [-0.25, -0.2) is 0 Å². The second kappa shape index (κ2) is 2.04. The van der Waals surface area contributed by atoms with Gasteiger partial charge >= 0.3 is 0 Å². The molecule has 1 aromatic rings. The molecule has 0 N–H and O–H groups in total. The van der Waals surface area contributed by atoms with Crippen molar-refractivity contribution >= 4 is 15.9 Å². The zero-order valence-electron chi connectivity index (χ0n) is 3.78. The van der Waals surface area contributed by atoms with E-state index < -0.39 is 0 Å². The van der Waals surface area contributed by atoms with E-state index in [9.17, 15) is 4.91 Å². The van der Waals surface area contributed by atoms with E-state index >= 15 is 0 Å². The van der Waals surface area contributed by atoms with Crippen LogP contribution in [0.3, 0.4) is 0 Å². The van der Waals surface area contributed by atoms with Crippen LogP contribution >= 0.6 is 15.9 Å². The third kappa shape index (κ3) is 0.919. The van der Waals surface area contributed by atoms with Crippen molar-refractivity contribution in [1.82, 2.24) is 9.89 Å². The number of aromatic nitrogens is 2. The molecule has 0 aliphatic carbocycles. The van der Waals surface area contributed by atoms with Gasteiger partial charge < -0.3 is 0 Å². The average Bonchev–Trinajstić information content (AvgIpc) is 2.14. The van der Waals surface area contributed by atoms with Gasteiger partial charge in [0.15, 0.2) is 0 Å². The topological polar surface area (TPSA) is 47.2 Å². The lowest BCUT2D eigenvalue weighted by Gasteiger charge is -1.75. The van der Waals surface area contributed by atoms with Crippen LogP contribution in [-0.2, 0) is 0 Å². The van der Waals surface area contributed by atoms with E-state index in [1.165, 1.54) is 6.20 Å². The summed E-state index contributed by atoms with van der Waals surface area (Å²) in [6.45, 7) is 0. The third-order valence-corrected chi connectivity index (χ3v) is 1.05. The highest BCUT2D eigenvalue weighted by Crippen LogP contribution is 2.02. The molecule has 0 fully saturated rings. The van der Waals surface area contributed by atoms with Gasteiger partial charge in [-0.1, -0.05) is 0 Å². The van der Waals surface area contributed by atoms with Crippen LogP contribution in [0.2, 0.25) is 0 Å². The van der Waals surface area contributed by atoms with Gasteiger partial charge in [-0.15, -0.1) is 14.8 Å². The smallest absolute Gasteiger partial charge is 0.130 e. The van der Waals surface area contributed by atoms with Gasteiger partial charge in [0.1, 0.15) is 4.60 Å². The Hall–Kier alpha value is -0.710. The monoisotopic (exact) mass is 175 g/mol. The fourth-order valence-electron chi connectivity index (χ4n) is 0.338. The van der Waals surface area contributed by atoms with E-state index in [4.69, 9.17) is 0 Å². The minimum absolute atomic E-state index is 0.608. The molecular formula is C3H2BrN3O. The van der Waals surface area contributed by atoms with Crippen molar-refractivity contribution in [3.63, 3.8) is 0 Å². The Morgan fingerprint density at radius 2 is 2.62 bits per heavy atom. The molecule has 0 unspecified atom stereocenters. The highest BCUT2D eigenvalue weighted by molar-refractivity contribution is 9.10. The van der Waals surface area contributed by atoms with Crippen molar-refractivity contribution < 1.29 is 0 Å². The number of hydrogen-bond donors (Lipinski definition) is 0. The van der Waals surface area contributed by atoms with Crippen LogP contribution in [-0.4, -0.2) is 9.89 Å². The van der Waals surface area contributed by atoms with Crippen LogP contribution in [0, 0.1) is 4.91 Å². The minimum atomic E-state index is 0.608. The molecule has 1 rings (SSSR count). The Morgan fingerprint density at radius 1 is 1.88 bits per heavy atom. The first-order valence-corrected chi connectivity index (χ1v) is 2.67. The predicted octanol–water partition coefficient (Wildman–Crippen LogP) is 1.18. The molecule has 0 saturated carbocycles. The molecular weight excluding hydrogens is 174 g/mol. The lowest BCUT2D eigenvalue weighted by molar-refractivity contribution is 0.726. The van der Waals surface area contributed by atoms with Crippen LogP contribution < -0.4 is 0 Å². The van der Waals surface area contributed by atoms with Gasteiger partial charge in [-0.3, -0.25) is 0 Å². The number of nitroso groups, excluding NO2 is 1. The molecule has 1 aromatic heterocycles. The van der Waals surface area contributed by atoms with Crippen molar-refractivity contribution in [1.29, 1.82) is 0 Å². The van der Waals surface area contributed by atoms with Crippen LogP contribution in [0.25, 0.3) is 0 Å². The zero-order chi connectivity index (χ0) is 5.98. The van der Waals surface area contributed by atoms with E-state index in [1.54, 1.807) is 6.07 Å². The summed E-state index contributed by atoms with van der Waals surface area (Å²) in [6, 6.07) is 1.63. The minimum Gasteiger partial charge on any atom is -0.141 e. The lowest BCUT2D eigenvalue weighted by atomic mass is 10.8. The normalized spacial score (nSPS) is 9.12. The van der Waals surface area contributed by atoms with Gasteiger partial charge in [-0.2, -0.15) is 0 Å². The van der Waals surface area contributed by atoms with E-state index in [-0.39, 0.29) is 0 Å². The average molecular weight is 176 g/mol. The standard InChI is InChI=1S/C3H2BrN3O/c4-3-1-2-7(5-3)6-8/h1-2H. The summed E-state index contributed by atoms with van der Waals surface area (Å²) in [5, 5.41) is 6.10. The molecule has 1 heterocycles. The van der Waals surface area contributed by atoms with E-state index in [0.29, 0.717) is 4.60 Å². The second-order valence-corrected chi connectivity index (χ2v) is 1.95. The van der Waals surface area contributed by atoms with Gasteiger partial charge in [0.25, 0.3) is 0 Å². The number of rotatable bonds is 1. The SMILES string of the molecule is O=Nn1ccc(Br)n1. The van der Waals surface area contributed by atoms with Crippen LogP contribution in [0.5, 0.6) is 0 Å². The van der Waals surface area contributed by atoms with Crippen LogP contribution in [0.1, 0.15) is 0 Å². The highest BCUT2D eigenvalue weighted by Gasteiger charge is 1.89. The molecule has 0 saturated heterocycles. The Kier molecular flexibility index (Phi) is 1.38. The number of nitrogens with zero attached hydrogens (tertiary/aromatic N) is 3. The summed E-state index contributed by atoms with van der Waals surface area (Å²) in [5.41, 5.74) is 0. The van der Waals surface area contributed by atoms with Crippen molar-refractivity contribution in [2.45, 2.75) is 0 Å². The van der Waals surface area contributed by atoms with E-state index in [2.05, 4.69) is 26.3 Å². The fourth-order valence-corrected chi connectivity index (χ4v) is 0.619. The van der Waals surface area contributed by atoms with Crippen LogP contribution in [0.4, 0.5) is 0 Å². The van der Waals surface area contributed by atoms with E-state index in [1.807, 2.05) is 0 Å². The maximum Gasteiger partial charge on any atom is 0.130 e. The Balaban J connectivity index is 3.00. The quantitative estimate of drug-likeness (QED) is 0.603. The molecule has 0 aliphatic heterocycles. The highest BCUT2D eigenvalue weighted by atomic mass is 79.9. The lowest BCUT2D eigenvalue weighted by Crippen LogP contribution is -1.83. The number of hydrogen-bond acceptors (Lipinski definition) is 3. The maximum atomic E-state index is 9.65. The maximum absolute atomic E-state index is 9.65. The van der Waals surface area contributed by atoms with Crippen molar-refractivity contribution in [2.24, 2.45) is 5.29 Å². The molecule has 0 aromatic carbocycles. The summed E-state index contributed by atoms with van der Waals surface area (Å²) in [6.07, 6.45) is 1.46. The molecule has 8 heavy (non-hydrogen) atoms. The zero-order valence-corrected chi connectivity index (χ0v) is 5.37. The van der Waals surface area contributed by atoms with Gasteiger partial charge in [-0.05, 0) is 22.0 Å². The molecule has 0 spiro atoms. The first-order valence-electron chi connectivity index (χ1n) is 1.88. The summed E-state index contributed by atoms with van der Waals surface area (Å²) in [4.78, 5) is 10.6. The Bertz CT molecular complexity index is 196. The molecule has 0 bridgehead atoms. The second-order valence-electron chi connectivity index (χ2n) is 1.14. The largest absolute Gasteiger partial charge is 0.141 e. The van der Waals surface area contributed by atoms with E-state index in [0.717, 1.165) is 4.79 Å². The number of halogens is 1. The van der Waals surface area contributed by atoms with Crippen molar-refractivity contribution in [3.8, 4) is 0 Å². The molecule has 42 valence electrons. The third-order valence-electron chi connectivity index (χ3n) is 0.627. The summed E-state index contributed by atoms with van der Waals surface area (Å²) >= 11 is 3.04. The van der Waals surface area contributed by atoms with Crippen molar-refractivity contribution in [2.75, 3.05) is 0 Å². The van der Waals surface area contributed by atoms with Gasteiger partial charge in [0.05, 0.1) is 11.5 Å². The Labute approximate surface area is 53.6 Å². The molecule has 0 amide bonds. The van der Waals surface area contributed by atoms with Crippen molar-refractivity contribution in [3.05, 3.63) is 21.8 Å². The fraction of sp³-hybridized carbons (Fsp3) is 0. The molecule has 0 atom stereocenters. The summed E-state index contributed by atoms with van der Waals surface area (Å²) in [7, 11) is 0. The molecule has 5 heteroatoms. The predicted molar refractivity (Wildman–Crippen MR) is 31.1 cm³/mol. The van der Waals surface area contributed by atoms with Gasteiger partial charge in [0.2, 0.25) is 0 Å². The first kappa shape index (κ1) is 5.43. The first-order chi connectivity index (χ1) is 3.83. The molecule has 0 aliphatic rings. The molecule has 4 nitrogen and oxygen atoms in total. The molecule has 0 radical (unpaired) electrons. The summed E-state index contributed by atoms with van der Waals surface area (Å²) < 4.78 is 0.608.